The van der Waals surface area contributed by atoms with Crippen LogP contribution >= 0.6 is 15.9 Å². The second-order valence-electron chi connectivity index (χ2n) is 5.26. The third-order valence-electron chi connectivity index (χ3n) is 2.89. The summed E-state index contributed by atoms with van der Waals surface area (Å²) in [6.45, 7) is 10.9. The van der Waals surface area contributed by atoms with Gasteiger partial charge in [-0.05, 0) is 37.3 Å². The lowest BCUT2D eigenvalue weighted by molar-refractivity contribution is 0.144. The zero-order chi connectivity index (χ0) is 9.90. The van der Waals surface area contributed by atoms with E-state index in [-0.39, 0.29) is 0 Å². The zero-order valence-electron chi connectivity index (χ0n) is 9.15. The van der Waals surface area contributed by atoms with Crippen molar-refractivity contribution < 1.29 is 0 Å². The molecule has 0 N–H and O–H groups in total. The summed E-state index contributed by atoms with van der Waals surface area (Å²) < 4.78 is 0. The molecular weight excluding hydrogens is 226 g/mol. The molecular formula is C11H22BrN. The van der Waals surface area contributed by atoms with Gasteiger partial charge in [0.15, 0.2) is 0 Å². The van der Waals surface area contributed by atoms with Crippen LogP contribution in [0.3, 0.4) is 0 Å². The standard InChI is InChI=1S/C11H22BrN/c1-10-4-6-13(7-5-10)9-11(2,3)8-12/h10H,4-9H2,1-3H3. The number of halogens is 1. The van der Waals surface area contributed by atoms with Crippen LogP contribution in [0.5, 0.6) is 0 Å². The molecule has 1 rings (SSSR count). The van der Waals surface area contributed by atoms with Crippen LogP contribution in [0, 0.1) is 11.3 Å². The molecule has 0 aliphatic carbocycles. The van der Waals surface area contributed by atoms with Crippen LogP contribution in [0.1, 0.15) is 33.6 Å². The van der Waals surface area contributed by atoms with Crippen molar-refractivity contribution in [2.75, 3.05) is 25.0 Å². The van der Waals surface area contributed by atoms with Crippen molar-refractivity contribution in [3.05, 3.63) is 0 Å². The average molecular weight is 248 g/mol. The Morgan fingerprint density at radius 3 is 2.31 bits per heavy atom. The van der Waals surface area contributed by atoms with Gasteiger partial charge in [0.05, 0.1) is 0 Å². The number of hydrogen-bond acceptors (Lipinski definition) is 1. The maximum absolute atomic E-state index is 3.58. The van der Waals surface area contributed by atoms with Crippen molar-refractivity contribution in [1.82, 2.24) is 4.90 Å². The van der Waals surface area contributed by atoms with Gasteiger partial charge in [-0.1, -0.05) is 36.7 Å². The highest BCUT2D eigenvalue weighted by Crippen LogP contribution is 2.23. The van der Waals surface area contributed by atoms with E-state index >= 15 is 0 Å². The Hall–Kier alpha value is 0.440. The van der Waals surface area contributed by atoms with Crippen molar-refractivity contribution >= 4 is 15.9 Å². The first-order valence-electron chi connectivity index (χ1n) is 5.32. The van der Waals surface area contributed by atoms with Crippen LogP contribution in [-0.2, 0) is 0 Å². The second kappa shape index (κ2) is 4.79. The third kappa shape index (κ3) is 3.99. The molecule has 1 aliphatic rings. The molecule has 0 radical (unpaired) electrons. The van der Waals surface area contributed by atoms with Crippen LogP contribution in [-0.4, -0.2) is 29.9 Å². The molecule has 0 saturated carbocycles. The van der Waals surface area contributed by atoms with Crippen LogP contribution < -0.4 is 0 Å². The van der Waals surface area contributed by atoms with E-state index in [2.05, 4.69) is 41.6 Å². The van der Waals surface area contributed by atoms with Gasteiger partial charge in [-0.15, -0.1) is 0 Å². The lowest BCUT2D eigenvalue weighted by Crippen LogP contribution is -2.40. The summed E-state index contributed by atoms with van der Waals surface area (Å²) in [5, 5.41) is 1.10. The van der Waals surface area contributed by atoms with Crippen LogP contribution in [0.15, 0.2) is 0 Å². The molecule has 0 atom stereocenters. The van der Waals surface area contributed by atoms with Crippen molar-refractivity contribution in [3.8, 4) is 0 Å². The first kappa shape index (κ1) is 11.5. The molecule has 1 nitrogen and oxygen atoms in total. The Morgan fingerprint density at radius 2 is 1.85 bits per heavy atom. The Morgan fingerprint density at radius 1 is 1.31 bits per heavy atom. The predicted octanol–water partition coefficient (Wildman–Crippen LogP) is 3.14. The number of piperidine rings is 1. The van der Waals surface area contributed by atoms with Gasteiger partial charge in [0.25, 0.3) is 0 Å². The minimum Gasteiger partial charge on any atom is -0.303 e. The molecule has 0 aromatic carbocycles. The van der Waals surface area contributed by atoms with Crippen molar-refractivity contribution in [2.45, 2.75) is 33.6 Å². The van der Waals surface area contributed by atoms with E-state index in [4.69, 9.17) is 0 Å². The van der Waals surface area contributed by atoms with E-state index in [9.17, 15) is 0 Å². The van der Waals surface area contributed by atoms with Gasteiger partial charge in [-0.3, -0.25) is 0 Å². The molecule has 0 spiro atoms. The smallest absolute Gasteiger partial charge is 0.00949 e. The topological polar surface area (TPSA) is 3.24 Å². The quantitative estimate of drug-likeness (QED) is 0.693. The summed E-state index contributed by atoms with van der Waals surface area (Å²) in [4.78, 5) is 2.61. The van der Waals surface area contributed by atoms with E-state index in [0.717, 1.165) is 11.2 Å². The normalized spacial score (nSPS) is 22.2. The van der Waals surface area contributed by atoms with Crippen molar-refractivity contribution in [1.29, 1.82) is 0 Å². The summed E-state index contributed by atoms with van der Waals surface area (Å²) in [6.07, 6.45) is 2.77. The number of rotatable bonds is 3. The first-order chi connectivity index (χ1) is 6.03. The fourth-order valence-electron chi connectivity index (χ4n) is 1.87. The molecule has 78 valence electrons. The number of alkyl halides is 1. The molecule has 1 saturated heterocycles. The molecule has 0 aromatic rings. The molecule has 1 fully saturated rings. The Balaban J connectivity index is 2.30. The highest BCUT2D eigenvalue weighted by atomic mass is 79.9. The summed E-state index contributed by atoms with van der Waals surface area (Å²) in [7, 11) is 0. The van der Waals surface area contributed by atoms with E-state index in [1.54, 1.807) is 0 Å². The second-order valence-corrected chi connectivity index (χ2v) is 5.82. The van der Waals surface area contributed by atoms with Gasteiger partial charge in [0, 0.05) is 11.9 Å². The number of hydrogen-bond donors (Lipinski definition) is 0. The van der Waals surface area contributed by atoms with Gasteiger partial charge < -0.3 is 4.90 Å². The van der Waals surface area contributed by atoms with E-state index < -0.39 is 0 Å². The van der Waals surface area contributed by atoms with Gasteiger partial charge >= 0.3 is 0 Å². The first-order valence-corrected chi connectivity index (χ1v) is 6.44. The fourth-order valence-corrected chi connectivity index (χ4v) is 2.05. The average Bonchev–Trinajstić information content (AvgIpc) is 2.09. The van der Waals surface area contributed by atoms with E-state index in [1.807, 2.05) is 0 Å². The summed E-state index contributed by atoms with van der Waals surface area (Å²) in [6, 6.07) is 0. The summed E-state index contributed by atoms with van der Waals surface area (Å²) in [5.41, 5.74) is 0.431. The Kier molecular flexibility index (Phi) is 4.24. The molecule has 0 amide bonds. The van der Waals surface area contributed by atoms with Crippen LogP contribution in [0.25, 0.3) is 0 Å². The van der Waals surface area contributed by atoms with Gasteiger partial charge in [0.1, 0.15) is 0 Å². The van der Waals surface area contributed by atoms with E-state index in [1.165, 1.54) is 32.5 Å². The van der Waals surface area contributed by atoms with Gasteiger partial charge in [-0.2, -0.15) is 0 Å². The number of likely N-dealkylation sites (tertiary alicyclic amines) is 1. The summed E-state index contributed by atoms with van der Waals surface area (Å²) >= 11 is 3.58. The van der Waals surface area contributed by atoms with Crippen LogP contribution in [0.4, 0.5) is 0 Å². The molecule has 1 heterocycles. The van der Waals surface area contributed by atoms with Gasteiger partial charge in [0.2, 0.25) is 0 Å². The lowest BCUT2D eigenvalue weighted by Gasteiger charge is -2.35. The Labute approximate surface area is 91.0 Å². The number of nitrogens with zero attached hydrogens (tertiary/aromatic N) is 1. The summed E-state index contributed by atoms with van der Waals surface area (Å²) in [5.74, 6) is 0.948. The van der Waals surface area contributed by atoms with Crippen LogP contribution in [0.2, 0.25) is 0 Å². The van der Waals surface area contributed by atoms with Crippen molar-refractivity contribution in [2.24, 2.45) is 11.3 Å². The fraction of sp³-hybridized carbons (Fsp3) is 1.00. The minimum atomic E-state index is 0.431. The highest BCUT2D eigenvalue weighted by molar-refractivity contribution is 9.09. The van der Waals surface area contributed by atoms with Crippen molar-refractivity contribution in [3.63, 3.8) is 0 Å². The van der Waals surface area contributed by atoms with Gasteiger partial charge in [-0.25, -0.2) is 0 Å². The zero-order valence-corrected chi connectivity index (χ0v) is 10.7. The predicted molar refractivity (Wildman–Crippen MR) is 62.4 cm³/mol. The SMILES string of the molecule is CC1CCN(CC(C)(C)CBr)CC1. The molecule has 2 heteroatoms. The monoisotopic (exact) mass is 247 g/mol. The molecule has 0 bridgehead atoms. The molecule has 1 aliphatic heterocycles. The molecule has 0 unspecified atom stereocenters. The molecule has 13 heavy (non-hydrogen) atoms. The van der Waals surface area contributed by atoms with E-state index in [0.29, 0.717) is 5.41 Å². The third-order valence-corrected chi connectivity index (χ3v) is 4.41. The lowest BCUT2D eigenvalue weighted by atomic mass is 9.93. The molecule has 0 aromatic heterocycles. The highest BCUT2D eigenvalue weighted by Gasteiger charge is 2.23. The maximum Gasteiger partial charge on any atom is 0.00949 e. The largest absolute Gasteiger partial charge is 0.303 e. The minimum absolute atomic E-state index is 0.431. The maximum atomic E-state index is 3.58. The Bertz CT molecular complexity index is 148.